The van der Waals surface area contributed by atoms with Gasteiger partial charge in [0.2, 0.25) is 0 Å². The lowest BCUT2D eigenvalue weighted by atomic mass is 9.78. The SMILES string of the molecule is CC(C)(C)OC(=O)N1CC2(CCOCC2)C[C@@H]1C(=O)O. The molecule has 2 rings (SSSR count). The molecule has 2 aliphatic rings. The summed E-state index contributed by atoms with van der Waals surface area (Å²) < 4.78 is 10.7. The number of carboxylic acids is 1. The summed E-state index contributed by atoms with van der Waals surface area (Å²) in [4.78, 5) is 25.0. The number of carbonyl (C=O) groups is 2. The number of amides is 1. The van der Waals surface area contributed by atoms with Crippen LogP contribution in [0.3, 0.4) is 0 Å². The Labute approximate surface area is 119 Å². The Morgan fingerprint density at radius 1 is 1.30 bits per heavy atom. The van der Waals surface area contributed by atoms with Crippen molar-refractivity contribution >= 4 is 12.1 Å². The molecule has 0 aromatic heterocycles. The van der Waals surface area contributed by atoms with E-state index in [9.17, 15) is 14.7 Å². The van der Waals surface area contributed by atoms with E-state index in [2.05, 4.69) is 0 Å². The van der Waals surface area contributed by atoms with Crippen LogP contribution in [0.25, 0.3) is 0 Å². The van der Waals surface area contributed by atoms with Crippen LogP contribution in [0, 0.1) is 5.41 Å². The molecule has 0 unspecified atom stereocenters. The number of ether oxygens (including phenoxy) is 2. The van der Waals surface area contributed by atoms with Gasteiger partial charge in [-0.2, -0.15) is 0 Å². The molecule has 6 nitrogen and oxygen atoms in total. The lowest BCUT2D eigenvalue weighted by Crippen LogP contribution is -2.43. The molecule has 0 saturated carbocycles. The van der Waals surface area contributed by atoms with E-state index in [4.69, 9.17) is 9.47 Å². The van der Waals surface area contributed by atoms with Gasteiger partial charge in [-0.15, -0.1) is 0 Å². The van der Waals surface area contributed by atoms with Crippen LogP contribution in [-0.2, 0) is 14.3 Å². The zero-order chi connectivity index (χ0) is 15.0. The summed E-state index contributed by atoms with van der Waals surface area (Å²) in [6, 6.07) is -0.789. The van der Waals surface area contributed by atoms with Crippen LogP contribution >= 0.6 is 0 Å². The minimum absolute atomic E-state index is 0.127. The molecule has 0 aromatic rings. The Hall–Kier alpha value is -1.30. The normalized spacial score (nSPS) is 25.8. The smallest absolute Gasteiger partial charge is 0.411 e. The molecular formula is C14H23NO5. The fourth-order valence-electron chi connectivity index (χ4n) is 2.96. The van der Waals surface area contributed by atoms with Crippen molar-refractivity contribution in [3.63, 3.8) is 0 Å². The second-order valence-corrected chi connectivity index (χ2v) is 6.78. The van der Waals surface area contributed by atoms with E-state index >= 15 is 0 Å². The topological polar surface area (TPSA) is 76.1 Å². The van der Waals surface area contributed by atoms with Crippen molar-refractivity contribution in [2.75, 3.05) is 19.8 Å². The second-order valence-electron chi connectivity index (χ2n) is 6.78. The van der Waals surface area contributed by atoms with E-state index in [1.54, 1.807) is 20.8 Å². The van der Waals surface area contributed by atoms with E-state index in [1.165, 1.54) is 4.90 Å². The fourth-order valence-corrected chi connectivity index (χ4v) is 2.96. The summed E-state index contributed by atoms with van der Waals surface area (Å²) in [6.45, 7) is 7.05. The molecule has 2 fully saturated rings. The molecule has 6 heteroatoms. The first kappa shape index (κ1) is 15.1. The van der Waals surface area contributed by atoms with Crippen LogP contribution in [0.1, 0.15) is 40.0 Å². The lowest BCUT2D eigenvalue weighted by Gasteiger charge is -2.33. The van der Waals surface area contributed by atoms with Gasteiger partial charge >= 0.3 is 12.1 Å². The third kappa shape index (κ3) is 3.23. The summed E-state index contributed by atoms with van der Waals surface area (Å²) in [5.41, 5.74) is -0.746. The van der Waals surface area contributed by atoms with Crippen LogP contribution in [0.4, 0.5) is 4.79 Å². The lowest BCUT2D eigenvalue weighted by molar-refractivity contribution is -0.142. The van der Waals surface area contributed by atoms with E-state index < -0.39 is 23.7 Å². The van der Waals surface area contributed by atoms with E-state index in [1.807, 2.05) is 0 Å². The fraction of sp³-hybridized carbons (Fsp3) is 0.857. The van der Waals surface area contributed by atoms with Gasteiger partial charge in [-0.1, -0.05) is 0 Å². The molecule has 0 aromatic carbocycles. The minimum atomic E-state index is -0.959. The number of nitrogens with zero attached hydrogens (tertiary/aromatic N) is 1. The Kier molecular flexibility index (Phi) is 3.95. The van der Waals surface area contributed by atoms with Gasteiger partial charge in [0, 0.05) is 19.8 Å². The number of hydrogen-bond acceptors (Lipinski definition) is 4. The number of rotatable bonds is 1. The maximum Gasteiger partial charge on any atom is 0.411 e. The highest BCUT2D eigenvalue weighted by atomic mass is 16.6. The highest BCUT2D eigenvalue weighted by Gasteiger charge is 2.50. The average Bonchev–Trinajstić information content (AvgIpc) is 2.68. The molecule has 114 valence electrons. The third-order valence-electron chi connectivity index (χ3n) is 3.97. The molecule has 2 heterocycles. The number of carboxylic acid groups (broad SMARTS) is 1. The zero-order valence-corrected chi connectivity index (χ0v) is 12.3. The predicted octanol–water partition coefficient (Wildman–Crippen LogP) is 1.88. The quantitative estimate of drug-likeness (QED) is 0.796. The molecule has 2 saturated heterocycles. The molecule has 0 aliphatic carbocycles. The van der Waals surface area contributed by atoms with Gasteiger partial charge in [0.25, 0.3) is 0 Å². The summed E-state index contributed by atoms with van der Waals surface area (Å²) >= 11 is 0. The molecule has 1 spiro atoms. The van der Waals surface area contributed by atoms with Crippen LogP contribution in [-0.4, -0.2) is 53.5 Å². The van der Waals surface area contributed by atoms with Crippen molar-refractivity contribution in [3.05, 3.63) is 0 Å². The molecule has 0 bridgehead atoms. The molecule has 0 radical (unpaired) electrons. The highest BCUT2D eigenvalue weighted by Crippen LogP contribution is 2.43. The van der Waals surface area contributed by atoms with Crippen molar-refractivity contribution in [1.82, 2.24) is 4.90 Å². The third-order valence-corrected chi connectivity index (χ3v) is 3.97. The van der Waals surface area contributed by atoms with E-state index in [0.717, 1.165) is 12.8 Å². The van der Waals surface area contributed by atoms with Crippen molar-refractivity contribution in [3.8, 4) is 0 Å². The largest absolute Gasteiger partial charge is 0.480 e. The summed E-state index contributed by atoms with van der Waals surface area (Å²) in [7, 11) is 0. The highest BCUT2D eigenvalue weighted by molar-refractivity contribution is 5.81. The number of carbonyl (C=O) groups excluding carboxylic acids is 1. The zero-order valence-electron chi connectivity index (χ0n) is 12.3. The van der Waals surface area contributed by atoms with Crippen molar-refractivity contribution in [2.45, 2.75) is 51.7 Å². The Balaban J connectivity index is 2.13. The van der Waals surface area contributed by atoms with Gasteiger partial charge < -0.3 is 14.6 Å². The van der Waals surface area contributed by atoms with Crippen LogP contribution in [0.15, 0.2) is 0 Å². The summed E-state index contributed by atoms with van der Waals surface area (Å²) in [5, 5.41) is 9.36. The Bertz CT molecular complexity index is 395. The van der Waals surface area contributed by atoms with Crippen molar-refractivity contribution < 1.29 is 24.2 Å². The molecule has 1 amide bonds. The predicted molar refractivity (Wildman–Crippen MR) is 71.5 cm³/mol. The molecular weight excluding hydrogens is 262 g/mol. The first-order valence-electron chi connectivity index (χ1n) is 7.03. The number of likely N-dealkylation sites (tertiary alicyclic amines) is 1. The Morgan fingerprint density at radius 2 is 1.90 bits per heavy atom. The average molecular weight is 285 g/mol. The number of aliphatic carboxylic acids is 1. The first-order chi connectivity index (χ1) is 9.22. The summed E-state index contributed by atoms with van der Waals surface area (Å²) in [5.74, 6) is -0.959. The maximum absolute atomic E-state index is 12.2. The molecule has 1 atom stereocenters. The molecule has 20 heavy (non-hydrogen) atoms. The molecule has 1 N–H and O–H groups in total. The van der Waals surface area contributed by atoms with Gasteiger partial charge in [0.15, 0.2) is 0 Å². The molecule has 2 aliphatic heterocycles. The van der Waals surface area contributed by atoms with E-state index in [0.29, 0.717) is 26.2 Å². The van der Waals surface area contributed by atoms with E-state index in [-0.39, 0.29) is 5.41 Å². The van der Waals surface area contributed by atoms with Gasteiger partial charge in [0.05, 0.1) is 0 Å². The Morgan fingerprint density at radius 3 is 2.40 bits per heavy atom. The van der Waals surface area contributed by atoms with Crippen molar-refractivity contribution in [2.24, 2.45) is 5.41 Å². The van der Waals surface area contributed by atoms with Crippen molar-refractivity contribution in [1.29, 1.82) is 0 Å². The maximum atomic E-state index is 12.2. The number of hydrogen-bond donors (Lipinski definition) is 1. The standard InChI is InChI=1S/C14H23NO5/c1-13(2,3)20-12(18)15-9-14(4-6-19-7-5-14)8-10(15)11(16)17/h10H,4-9H2,1-3H3,(H,16,17)/t10-/m1/s1. The first-order valence-corrected chi connectivity index (χ1v) is 7.03. The van der Waals surface area contributed by atoms with Crippen LogP contribution < -0.4 is 0 Å². The van der Waals surface area contributed by atoms with Gasteiger partial charge in [0.1, 0.15) is 11.6 Å². The monoisotopic (exact) mass is 285 g/mol. The minimum Gasteiger partial charge on any atom is -0.480 e. The van der Waals surface area contributed by atoms with Gasteiger partial charge in [-0.3, -0.25) is 4.90 Å². The summed E-state index contributed by atoms with van der Waals surface area (Å²) in [6.07, 6.45) is 1.56. The second kappa shape index (κ2) is 5.24. The van der Waals surface area contributed by atoms with Gasteiger partial charge in [-0.05, 0) is 45.4 Å². The van der Waals surface area contributed by atoms with Crippen LogP contribution in [0.5, 0.6) is 0 Å². The van der Waals surface area contributed by atoms with Crippen LogP contribution in [0.2, 0.25) is 0 Å². The van der Waals surface area contributed by atoms with Gasteiger partial charge in [-0.25, -0.2) is 9.59 Å².